The van der Waals surface area contributed by atoms with Gasteiger partial charge in [0.25, 0.3) is 0 Å². The molecule has 0 radical (unpaired) electrons. The minimum Gasteiger partial charge on any atom is -0.449 e. The average Bonchev–Trinajstić information content (AvgIpc) is 4.02. The van der Waals surface area contributed by atoms with E-state index in [9.17, 15) is 19.2 Å². The number of thioether (sulfide) groups is 1. The van der Waals surface area contributed by atoms with Gasteiger partial charge in [0, 0.05) is 47.0 Å². The van der Waals surface area contributed by atoms with Crippen LogP contribution in [0.5, 0.6) is 0 Å². The van der Waals surface area contributed by atoms with Crippen molar-refractivity contribution in [1.82, 2.24) is 25.3 Å². The largest absolute Gasteiger partial charge is 0.449 e. The third-order valence-corrected chi connectivity index (χ3v) is 14.1. The number of likely N-dealkylation sites (tertiary alicyclic amines) is 1. The van der Waals surface area contributed by atoms with Crippen molar-refractivity contribution in [3.05, 3.63) is 107 Å². The zero-order valence-electron chi connectivity index (χ0n) is 36.6. The highest BCUT2D eigenvalue weighted by Gasteiger charge is 2.43. The van der Waals surface area contributed by atoms with Gasteiger partial charge in [0.2, 0.25) is 17.7 Å². The second-order valence-electron chi connectivity index (χ2n) is 16.6. The van der Waals surface area contributed by atoms with E-state index in [1.54, 1.807) is 37.9 Å². The van der Waals surface area contributed by atoms with Gasteiger partial charge in [-0.15, -0.1) is 11.8 Å². The summed E-state index contributed by atoms with van der Waals surface area (Å²) >= 11 is 1.68. The summed E-state index contributed by atoms with van der Waals surface area (Å²) in [6.07, 6.45) is 3.12. The first kappa shape index (κ1) is 45.7. The fraction of sp³-hybridized carbons (Fsp3) is 0.500. The van der Waals surface area contributed by atoms with Gasteiger partial charge in [-0.1, -0.05) is 106 Å². The van der Waals surface area contributed by atoms with E-state index >= 15 is 0 Å². The Bertz CT molecular complexity index is 1950. The molecule has 61 heavy (non-hydrogen) atoms. The monoisotopic (exact) mass is 853 g/mol. The second kappa shape index (κ2) is 21.3. The third kappa shape index (κ3) is 10.6. The summed E-state index contributed by atoms with van der Waals surface area (Å²) in [7, 11) is 6.88. The maximum absolute atomic E-state index is 14.3. The SMILES string of the molecule is CCC(C)C(C(CC(=O)N1CCCC1C(OC)C(C)C(=O)NC(Cc1ccccc1)C1SC=CN1C)OC)N(C)C(=O)CNC(=O)OCC1c2ccccc2-c2ccccc21. The number of carbonyl (C=O) groups excluding carboxylic acids is 4. The van der Waals surface area contributed by atoms with Crippen LogP contribution < -0.4 is 10.6 Å². The molecule has 8 atom stereocenters. The van der Waals surface area contributed by atoms with Gasteiger partial charge in [-0.2, -0.15) is 0 Å². The molecule has 3 aliphatic rings. The minimum absolute atomic E-state index is 0.0259. The molecule has 328 valence electrons. The van der Waals surface area contributed by atoms with Crippen molar-refractivity contribution >= 4 is 35.6 Å². The first-order chi connectivity index (χ1) is 29.5. The van der Waals surface area contributed by atoms with Crippen molar-refractivity contribution < 1.29 is 33.4 Å². The van der Waals surface area contributed by atoms with E-state index < -0.39 is 30.3 Å². The molecule has 2 heterocycles. The molecule has 12 nitrogen and oxygen atoms in total. The number of ether oxygens (including phenoxy) is 3. The van der Waals surface area contributed by atoms with Crippen molar-refractivity contribution in [2.75, 3.05) is 48.0 Å². The summed E-state index contributed by atoms with van der Waals surface area (Å²) < 4.78 is 17.8. The molecular weight excluding hydrogens is 791 g/mol. The number of rotatable bonds is 19. The molecular formula is C48H63N5O7S. The lowest BCUT2D eigenvalue weighted by molar-refractivity contribution is -0.145. The predicted octanol–water partition coefficient (Wildman–Crippen LogP) is 6.65. The van der Waals surface area contributed by atoms with Crippen LogP contribution in [0.3, 0.4) is 0 Å². The number of carbonyl (C=O) groups is 4. The molecule has 3 aromatic carbocycles. The van der Waals surface area contributed by atoms with Gasteiger partial charge in [-0.25, -0.2) is 4.79 Å². The highest BCUT2D eigenvalue weighted by Crippen LogP contribution is 2.44. The zero-order valence-corrected chi connectivity index (χ0v) is 37.4. The summed E-state index contributed by atoms with van der Waals surface area (Å²) in [5.74, 6) is -1.22. The number of nitrogens with zero attached hydrogens (tertiary/aromatic N) is 3. The van der Waals surface area contributed by atoms with Gasteiger partial charge < -0.3 is 39.5 Å². The van der Waals surface area contributed by atoms with E-state index in [1.165, 1.54) is 0 Å². The number of fused-ring (bicyclic) bond motifs is 3. The number of methoxy groups -OCH3 is 2. The van der Waals surface area contributed by atoms with Crippen LogP contribution in [0.15, 0.2) is 90.5 Å². The Hall–Kier alpha value is -4.85. The second-order valence-corrected chi connectivity index (χ2v) is 17.6. The molecule has 2 N–H and O–H groups in total. The molecule has 2 aliphatic heterocycles. The highest BCUT2D eigenvalue weighted by molar-refractivity contribution is 8.02. The lowest BCUT2D eigenvalue weighted by Crippen LogP contribution is -2.55. The van der Waals surface area contributed by atoms with Crippen LogP contribution >= 0.6 is 11.8 Å². The van der Waals surface area contributed by atoms with E-state index in [1.807, 2.05) is 81.4 Å². The van der Waals surface area contributed by atoms with Crippen LogP contribution in [0.4, 0.5) is 4.79 Å². The van der Waals surface area contributed by atoms with Crippen LogP contribution in [-0.4, -0.2) is 122 Å². The maximum atomic E-state index is 14.3. The Balaban J connectivity index is 1.06. The summed E-state index contributed by atoms with van der Waals surface area (Å²) in [5, 5.41) is 8.09. The molecule has 0 bridgehead atoms. The van der Waals surface area contributed by atoms with Gasteiger partial charge in [0.1, 0.15) is 13.2 Å². The van der Waals surface area contributed by atoms with E-state index in [0.29, 0.717) is 19.4 Å². The van der Waals surface area contributed by atoms with Gasteiger partial charge in [0.05, 0.1) is 48.0 Å². The van der Waals surface area contributed by atoms with Crippen LogP contribution in [0, 0.1) is 11.8 Å². The Morgan fingerprint density at radius 2 is 1.57 bits per heavy atom. The van der Waals surface area contributed by atoms with Crippen molar-refractivity contribution in [2.24, 2.45) is 11.8 Å². The molecule has 6 rings (SSSR count). The maximum Gasteiger partial charge on any atom is 0.407 e. The zero-order chi connectivity index (χ0) is 43.6. The topological polar surface area (TPSA) is 130 Å². The molecule has 1 saturated heterocycles. The average molecular weight is 854 g/mol. The molecule has 4 amide bonds. The minimum atomic E-state index is -0.675. The van der Waals surface area contributed by atoms with Gasteiger partial charge in [-0.3, -0.25) is 14.4 Å². The Morgan fingerprint density at radius 3 is 2.18 bits per heavy atom. The van der Waals surface area contributed by atoms with Crippen LogP contribution in [-0.2, 0) is 35.0 Å². The number of alkyl carbamates (subject to hydrolysis) is 1. The first-order valence-electron chi connectivity index (χ1n) is 21.5. The number of nitrogens with one attached hydrogen (secondary N) is 2. The number of hydrogen-bond acceptors (Lipinski definition) is 9. The lowest BCUT2D eigenvalue weighted by atomic mass is 9.90. The van der Waals surface area contributed by atoms with Crippen LogP contribution in [0.1, 0.15) is 69.1 Å². The fourth-order valence-electron chi connectivity index (χ4n) is 9.42. The highest BCUT2D eigenvalue weighted by atomic mass is 32.2. The van der Waals surface area contributed by atoms with Crippen molar-refractivity contribution in [3.8, 4) is 11.1 Å². The molecule has 0 saturated carbocycles. The standard InChI is InChI=1S/C48H63N5O7S/c1-8-31(2)44(52(5)43(55)29-49-48(57)60-30-38-36-21-14-12-19-34(36)35-20-13-15-22-37(35)38)41(58-6)28-42(54)53-24-16-23-40(53)45(59-7)32(3)46(56)50-39(47-51(4)25-26-61-47)27-33-17-10-9-11-18-33/h9-15,17-22,25-26,31-32,38-41,44-45,47H,8,16,23-24,27-30H2,1-7H3,(H,49,57)(H,50,56). The van der Waals surface area contributed by atoms with Crippen LogP contribution in [0.25, 0.3) is 11.1 Å². The Labute approximate surface area is 365 Å². The third-order valence-electron chi connectivity index (χ3n) is 12.9. The number of benzene rings is 3. The van der Waals surface area contributed by atoms with Crippen molar-refractivity contribution in [1.29, 1.82) is 0 Å². The smallest absolute Gasteiger partial charge is 0.407 e. The quantitative estimate of drug-likeness (QED) is 0.136. The molecule has 3 aromatic rings. The molecule has 8 unspecified atom stereocenters. The van der Waals surface area contributed by atoms with E-state index in [0.717, 1.165) is 40.7 Å². The predicted molar refractivity (Wildman–Crippen MR) is 240 cm³/mol. The van der Waals surface area contributed by atoms with Gasteiger partial charge in [-0.05, 0) is 58.4 Å². The van der Waals surface area contributed by atoms with Gasteiger partial charge >= 0.3 is 6.09 Å². The molecule has 0 spiro atoms. The summed E-state index contributed by atoms with van der Waals surface area (Å²) in [4.78, 5) is 60.6. The van der Waals surface area contributed by atoms with E-state index in [4.69, 9.17) is 14.2 Å². The molecule has 13 heteroatoms. The van der Waals surface area contributed by atoms with Crippen LogP contribution in [0.2, 0.25) is 0 Å². The first-order valence-corrected chi connectivity index (χ1v) is 22.5. The lowest BCUT2D eigenvalue weighted by Gasteiger charge is -2.39. The van der Waals surface area contributed by atoms with E-state index in [-0.39, 0.29) is 66.6 Å². The Kier molecular flexibility index (Phi) is 15.9. The molecule has 1 aliphatic carbocycles. The number of amides is 4. The Morgan fingerprint density at radius 1 is 0.918 bits per heavy atom. The van der Waals surface area contributed by atoms with Gasteiger partial charge in [0.15, 0.2) is 0 Å². The number of hydrogen-bond donors (Lipinski definition) is 2. The molecule has 0 aromatic heterocycles. The fourth-order valence-corrected chi connectivity index (χ4v) is 10.5. The summed E-state index contributed by atoms with van der Waals surface area (Å²) in [6.45, 7) is 6.35. The van der Waals surface area contributed by atoms with Crippen molar-refractivity contribution in [3.63, 3.8) is 0 Å². The summed E-state index contributed by atoms with van der Waals surface area (Å²) in [6, 6.07) is 25.5. The normalized spacial score (nSPS) is 19.9. The van der Waals surface area contributed by atoms with E-state index in [2.05, 4.69) is 57.3 Å². The summed E-state index contributed by atoms with van der Waals surface area (Å²) in [5.41, 5.74) is 5.62. The molecule has 1 fully saturated rings. The van der Waals surface area contributed by atoms with Crippen molar-refractivity contribution in [2.45, 2.75) is 94.5 Å². The number of likely N-dealkylation sites (N-methyl/N-ethyl adjacent to an activating group) is 2.